The normalized spacial score (nSPS) is 26.6. The largest absolute Gasteiger partial charge is 0.494 e. The summed E-state index contributed by atoms with van der Waals surface area (Å²) >= 11 is 2.47. The van der Waals surface area contributed by atoms with Gasteiger partial charge in [-0.2, -0.15) is 0 Å². The lowest BCUT2D eigenvalue weighted by Crippen LogP contribution is -2.41. The maximum absolute atomic E-state index is 6.14. The highest BCUT2D eigenvalue weighted by molar-refractivity contribution is 14.1. The number of nitrogens with zero attached hydrogens (tertiary/aromatic N) is 1. The van der Waals surface area contributed by atoms with Gasteiger partial charge in [-0.25, -0.2) is 4.98 Å². The van der Waals surface area contributed by atoms with Gasteiger partial charge in [-0.15, -0.1) is 0 Å². The summed E-state index contributed by atoms with van der Waals surface area (Å²) in [5, 5.41) is 3.57. The topological polar surface area (TPSA) is 59.2 Å². The van der Waals surface area contributed by atoms with Gasteiger partial charge in [0.1, 0.15) is 5.82 Å². The lowest BCUT2D eigenvalue weighted by molar-refractivity contribution is 0.00578. The Kier molecular flexibility index (Phi) is 5.16. The van der Waals surface area contributed by atoms with Crippen LogP contribution in [0.15, 0.2) is 30.5 Å². The summed E-state index contributed by atoms with van der Waals surface area (Å²) < 4.78 is 13.5. The van der Waals surface area contributed by atoms with Gasteiger partial charge in [0.15, 0.2) is 0 Å². The predicted molar refractivity (Wildman–Crippen MR) is 117 cm³/mol. The van der Waals surface area contributed by atoms with E-state index in [4.69, 9.17) is 9.31 Å². The summed E-state index contributed by atoms with van der Waals surface area (Å²) in [4.78, 5) is 8.10. The number of aromatic amines is 1. The molecule has 0 saturated carbocycles. The van der Waals surface area contributed by atoms with Gasteiger partial charge in [-0.05, 0) is 57.6 Å². The first-order valence-electron chi connectivity index (χ1n) is 9.59. The molecule has 2 aliphatic heterocycles. The van der Waals surface area contributed by atoms with Gasteiger partial charge in [-0.3, -0.25) is 0 Å². The summed E-state index contributed by atoms with van der Waals surface area (Å²) in [5.74, 6) is 1.77. The summed E-state index contributed by atoms with van der Waals surface area (Å²) in [6.07, 6.45) is 3.08. The van der Waals surface area contributed by atoms with Crippen LogP contribution >= 0.6 is 22.6 Å². The van der Waals surface area contributed by atoms with Gasteiger partial charge in [0.25, 0.3) is 0 Å². The van der Waals surface area contributed by atoms with Crippen LogP contribution in [0, 0.1) is 5.92 Å². The molecule has 2 N–H and O–H groups in total. The van der Waals surface area contributed by atoms with Gasteiger partial charge in [0, 0.05) is 4.43 Å². The second-order valence-corrected chi connectivity index (χ2v) is 9.49. The van der Waals surface area contributed by atoms with Gasteiger partial charge >= 0.3 is 7.12 Å². The van der Waals surface area contributed by atoms with Crippen molar-refractivity contribution in [3.05, 3.63) is 36.3 Å². The Bertz CT molecular complexity index is 790. The van der Waals surface area contributed by atoms with E-state index in [1.807, 2.05) is 6.20 Å². The van der Waals surface area contributed by atoms with Crippen molar-refractivity contribution in [1.82, 2.24) is 15.3 Å². The standard InChI is InChI=1S/C20H27BIN3O2/c1-19(2)20(3,4)27-21(26-19)15-7-5-14(6-8-15)17-12-24-18(25-17)16-9-13(10-22)11-23-16/h5-8,12-13,16,23H,9-11H2,1-4H3,(H,24,25)/t13-,16?/m1/s1. The maximum atomic E-state index is 6.14. The Balaban J connectivity index is 1.47. The molecule has 2 saturated heterocycles. The minimum Gasteiger partial charge on any atom is -0.399 e. The van der Waals surface area contributed by atoms with Crippen LogP contribution in [0.4, 0.5) is 0 Å². The average Bonchev–Trinajstić information content (AvgIpc) is 3.33. The van der Waals surface area contributed by atoms with Gasteiger partial charge in [0.05, 0.1) is 29.1 Å². The zero-order valence-corrected chi connectivity index (χ0v) is 18.5. The fraction of sp³-hybridized carbons (Fsp3) is 0.550. The minimum atomic E-state index is -0.325. The van der Waals surface area contributed by atoms with Crippen molar-refractivity contribution in [2.75, 3.05) is 11.0 Å². The number of rotatable bonds is 4. The molecule has 27 heavy (non-hydrogen) atoms. The van der Waals surface area contributed by atoms with Crippen LogP contribution in [-0.2, 0) is 9.31 Å². The lowest BCUT2D eigenvalue weighted by atomic mass is 9.79. The van der Waals surface area contributed by atoms with Crippen LogP contribution in [0.5, 0.6) is 0 Å². The zero-order valence-electron chi connectivity index (χ0n) is 16.4. The Morgan fingerprint density at radius 1 is 1.15 bits per heavy atom. The fourth-order valence-corrected chi connectivity index (χ4v) is 4.27. The molecule has 2 aromatic rings. The molecule has 144 valence electrons. The number of nitrogens with one attached hydrogen (secondary N) is 2. The summed E-state index contributed by atoms with van der Waals surface area (Å²) in [6.45, 7) is 9.38. The molecule has 0 amide bonds. The first-order valence-corrected chi connectivity index (χ1v) is 11.1. The van der Waals surface area contributed by atoms with Gasteiger partial charge < -0.3 is 19.6 Å². The summed E-state index contributed by atoms with van der Waals surface area (Å²) in [6, 6.07) is 8.71. The lowest BCUT2D eigenvalue weighted by Gasteiger charge is -2.32. The third-order valence-electron chi connectivity index (χ3n) is 6.11. The van der Waals surface area contributed by atoms with E-state index in [9.17, 15) is 0 Å². The van der Waals surface area contributed by atoms with Crippen molar-refractivity contribution in [3.63, 3.8) is 0 Å². The zero-order chi connectivity index (χ0) is 19.2. The molecule has 1 unspecified atom stereocenters. The molecule has 2 fully saturated rings. The van der Waals surface area contributed by atoms with Crippen LogP contribution in [0.25, 0.3) is 11.3 Å². The molecule has 4 rings (SSSR count). The summed E-state index contributed by atoms with van der Waals surface area (Å²) in [5.41, 5.74) is 2.57. The third-order valence-corrected chi connectivity index (χ3v) is 7.36. The fourth-order valence-electron chi connectivity index (χ4n) is 3.59. The van der Waals surface area contributed by atoms with E-state index < -0.39 is 0 Å². The Labute approximate surface area is 175 Å². The molecular formula is C20H27BIN3O2. The van der Waals surface area contributed by atoms with Crippen molar-refractivity contribution < 1.29 is 9.31 Å². The van der Waals surface area contributed by atoms with Gasteiger partial charge in [0.2, 0.25) is 0 Å². The molecule has 2 atom stereocenters. The molecule has 0 aliphatic carbocycles. The number of aromatic nitrogens is 2. The number of hydrogen-bond acceptors (Lipinski definition) is 4. The molecule has 2 aliphatic rings. The van der Waals surface area contributed by atoms with Crippen LogP contribution in [0.2, 0.25) is 0 Å². The first-order chi connectivity index (χ1) is 12.8. The summed E-state index contributed by atoms with van der Waals surface area (Å²) in [7, 11) is -0.325. The molecule has 1 aromatic carbocycles. The first kappa shape index (κ1) is 19.4. The van der Waals surface area contributed by atoms with E-state index in [2.05, 4.69) is 89.8 Å². The number of benzene rings is 1. The molecule has 0 radical (unpaired) electrons. The molecule has 1 aromatic heterocycles. The molecule has 0 bridgehead atoms. The second kappa shape index (κ2) is 7.17. The van der Waals surface area contributed by atoms with E-state index in [-0.39, 0.29) is 18.3 Å². The van der Waals surface area contributed by atoms with E-state index in [0.717, 1.165) is 41.4 Å². The molecule has 5 nitrogen and oxygen atoms in total. The number of halogens is 1. The molecule has 3 heterocycles. The average molecular weight is 479 g/mol. The Morgan fingerprint density at radius 2 is 1.81 bits per heavy atom. The second-order valence-electron chi connectivity index (χ2n) is 8.61. The molecular weight excluding hydrogens is 452 g/mol. The van der Waals surface area contributed by atoms with Crippen LogP contribution in [0.1, 0.15) is 46.0 Å². The molecule has 7 heteroatoms. The predicted octanol–water partition coefficient (Wildman–Crippen LogP) is 3.46. The quantitative estimate of drug-likeness (QED) is 0.401. The SMILES string of the molecule is CC1(C)OB(c2ccc(-c3cnc(C4C[C@H](CI)CN4)[nH]3)cc2)OC1(C)C. The highest BCUT2D eigenvalue weighted by atomic mass is 127. The monoisotopic (exact) mass is 479 g/mol. The Hall–Kier alpha value is -0.895. The van der Waals surface area contributed by atoms with E-state index in [1.165, 1.54) is 4.43 Å². The Morgan fingerprint density at radius 3 is 2.41 bits per heavy atom. The van der Waals surface area contributed by atoms with E-state index in [1.54, 1.807) is 0 Å². The number of alkyl halides is 1. The highest BCUT2D eigenvalue weighted by Crippen LogP contribution is 2.36. The smallest absolute Gasteiger partial charge is 0.399 e. The van der Waals surface area contributed by atoms with Crippen molar-refractivity contribution >= 4 is 35.2 Å². The van der Waals surface area contributed by atoms with Crippen molar-refractivity contribution in [2.45, 2.75) is 51.4 Å². The highest BCUT2D eigenvalue weighted by Gasteiger charge is 2.51. The van der Waals surface area contributed by atoms with Crippen molar-refractivity contribution in [2.24, 2.45) is 5.92 Å². The minimum absolute atomic E-state index is 0.321. The maximum Gasteiger partial charge on any atom is 0.494 e. The number of hydrogen-bond donors (Lipinski definition) is 2. The van der Waals surface area contributed by atoms with Crippen LogP contribution in [-0.4, -0.2) is 39.3 Å². The van der Waals surface area contributed by atoms with E-state index in [0.29, 0.717) is 6.04 Å². The third kappa shape index (κ3) is 3.71. The van der Waals surface area contributed by atoms with Crippen LogP contribution < -0.4 is 10.8 Å². The van der Waals surface area contributed by atoms with Crippen LogP contribution in [0.3, 0.4) is 0 Å². The van der Waals surface area contributed by atoms with Crippen molar-refractivity contribution in [3.8, 4) is 11.3 Å². The van der Waals surface area contributed by atoms with Crippen molar-refractivity contribution in [1.29, 1.82) is 0 Å². The van der Waals surface area contributed by atoms with E-state index >= 15 is 0 Å². The van der Waals surface area contributed by atoms with Gasteiger partial charge in [-0.1, -0.05) is 46.9 Å². The molecule has 0 spiro atoms. The number of H-pyrrole nitrogens is 1. The number of imidazole rings is 1.